The van der Waals surface area contributed by atoms with Crippen molar-refractivity contribution in [1.29, 1.82) is 0 Å². The van der Waals surface area contributed by atoms with Gasteiger partial charge in [0.05, 0.1) is 0 Å². The summed E-state index contributed by atoms with van der Waals surface area (Å²) in [5.74, 6) is -1.83. The fourth-order valence-corrected chi connectivity index (χ4v) is 2.31. The third-order valence-electron chi connectivity index (χ3n) is 2.70. The first-order valence-corrected chi connectivity index (χ1v) is 7.08. The van der Waals surface area contributed by atoms with E-state index >= 15 is 0 Å². The van der Waals surface area contributed by atoms with Crippen molar-refractivity contribution in [2.45, 2.75) is 12.7 Å². The lowest BCUT2D eigenvalue weighted by Crippen LogP contribution is -2.17. The van der Waals surface area contributed by atoms with Gasteiger partial charge >= 0.3 is 12.1 Å². The first kappa shape index (κ1) is 17.0. The lowest BCUT2D eigenvalue weighted by Gasteiger charge is -2.15. The molecular weight excluding hydrogens is 335 g/mol. The van der Waals surface area contributed by atoms with Gasteiger partial charge in [0.2, 0.25) is 11.0 Å². The Morgan fingerprint density at radius 2 is 2.00 bits per heavy atom. The number of hydrogen-bond acceptors (Lipinski definition) is 6. The molecule has 1 aromatic heterocycles. The van der Waals surface area contributed by atoms with Crippen LogP contribution in [0.25, 0.3) is 0 Å². The van der Waals surface area contributed by atoms with Crippen molar-refractivity contribution in [2.75, 3.05) is 18.6 Å². The van der Waals surface area contributed by atoms with E-state index < -0.39 is 24.6 Å². The molecule has 0 radical (unpaired) electrons. The van der Waals surface area contributed by atoms with Crippen LogP contribution in [0.15, 0.2) is 24.3 Å². The molecule has 0 aliphatic heterocycles. The molecule has 2 aromatic rings. The van der Waals surface area contributed by atoms with Gasteiger partial charge in [-0.2, -0.15) is 22.5 Å². The minimum atomic E-state index is -4.56. The van der Waals surface area contributed by atoms with E-state index in [2.05, 4.69) is 9.36 Å². The van der Waals surface area contributed by atoms with Crippen LogP contribution in [0.5, 0.6) is 5.75 Å². The lowest BCUT2D eigenvalue weighted by molar-refractivity contribution is -0.144. The Bertz CT molecular complexity index is 673. The van der Waals surface area contributed by atoms with Crippen LogP contribution < -0.4 is 9.64 Å². The summed E-state index contributed by atoms with van der Waals surface area (Å²) in [6.07, 6.45) is -4.56. The molecule has 0 amide bonds. The molecule has 23 heavy (non-hydrogen) atoms. The van der Waals surface area contributed by atoms with Crippen molar-refractivity contribution in [3.63, 3.8) is 0 Å². The number of carbonyl (C=O) groups is 1. The molecule has 0 aliphatic carbocycles. The monoisotopic (exact) mass is 347 g/mol. The Morgan fingerprint density at radius 3 is 2.52 bits per heavy atom. The van der Waals surface area contributed by atoms with E-state index in [1.54, 1.807) is 36.2 Å². The summed E-state index contributed by atoms with van der Waals surface area (Å²) in [5, 5.41) is 8.67. The molecule has 2 rings (SSSR count). The third kappa shape index (κ3) is 4.81. The maximum Gasteiger partial charge on any atom is 0.452 e. The maximum atomic E-state index is 12.5. The van der Waals surface area contributed by atoms with Crippen molar-refractivity contribution in [3.8, 4) is 5.75 Å². The third-order valence-corrected chi connectivity index (χ3v) is 3.53. The van der Waals surface area contributed by atoms with E-state index in [1.165, 1.54) is 0 Å². The van der Waals surface area contributed by atoms with Gasteiger partial charge < -0.3 is 14.7 Å². The van der Waals surface area contributed by atoms with Crippen LogP contribution >= 0.6 is 11.5 Å². The van der Waals surface area contributed by atoms with Gasteiger partial charge in [-0.1, -0.05) is 12.1 Å². The molecule has 124 valence electrons. The van der Waals surface area contributed by atoms with Crippen molar-refractivity contribution in [3.05, 3.63) is 35.7 Å². The zero-order chi connectivity index (χ0) is 17.0. The zero-order valence-electron chi connectivity index (χ0n) is 11.9. The van der Waals surface area contributed by atoms with Crippen molar-refractivity contribution in [2.24, 2.45) is 0 Å². The smallest absolute Gasteiger partial charge is 0.452 e. The summed E-state index contributed by atoms with van der Waals surface area (Å²) in [6, 6.07) is 6.57. The number of carboxylic acid groups (broad SMARTS) is 1. The summed E-state index contributed by atoms with van der Waals surface area (Å²) in [6.45, 7) is -0.115. The van der Waals surface area contributed by atoms with Crippen LogP contribution in [0.3, 0.4) is 0 Å². The molecule has 0 bridgehead atoms. The van der Waals surface area contributed by atoms with Gasteiger partial charge in [0.1, 0.15) is 5.75 Å². The molecule has 0 unspecified atom stereocenters. The van der Waals surface area contributed by atoms with Crippen LogP contribution in [-0.4, -0.2) is 34.1 Å². The van der Waals surface area contributed by atoms with Crippen LogP contribution in [0.4, 0.5) is 18.3 Å². The molecule has 1 aromatic carbocycles. The fourth-order valence-electron chi connectivity index (χ4n) is 1.66. The summed E-state index contributed by atoms with van der Waals surface area (Å²) in [4.78, 5) is 15.4. The van der Waals surface area contributed by atoms with Gasteiger partial charge in [-0.05, 0) is 17.7 Å². The van der Waals surface area contributed by atoms with Crippen molar-refractivity contribution < 1.29 is 27.8 Å². The highest BCUT2D eigenvalue weighted by Gasteiger charge is 2.36. The average Bonchev–Trinajstić information content (AvgIpc) is 2.96. The number of nitrogens with zero attached hydrogens (tertiary/aromatic N) is 3. The Kier molecular flexibility index (Phi) is 5.04. The predicted molar refractivity (Wildman–Crippen MR) is 76.6 cm³/mol. The molecule has 0 aliphatic rings. The zero-order valence-corrected chi connectivity index (χ0v) is 12.7. The van der Waals surface area contributed by atoms with E-state index in [-0.39, 0.29) is 5.13 Å². The van der Waals surface area contributed by atoms with Gasteiger partial charge in [0.15, 0.2) is 6.61 Å². The summed E-state index contributed by atoms with van der Waals surface area (Å²) in [5.41, 5.74) is 0.805. The molecule has 0 spiro atoms. The van der Waals surface area contributed by atoms with Gasteiger partial charge in [-0.15, -0.1) is 0 Å². The largest absolute Gasteiger partial charge is 0.482 e. The number of carboxylic acids is 1. The van der Waals surface area contributed by atoms with Gasteiger partial charge in [0.25, 0.3) is 0 Å². The summed E-state index contributed by atoms with van der Waals surface area (Å²) in [7, 11) is 1.61. The molecule has 0 saturated heterocycles. The number of halogens is 3. The number of benzene rings is 1. The Balaban J connectivity index is 1.98. The standard InChI is InChI=1S/C13H12F3N3O3S/c1-19(12-17-11(18-23-12)13(14,15)16)6-8-2-4-9(5-3-8)22-7-10(20)21/h2-5H,6-7H2,1H3,(H,20,21). The second-order valence-corrected chi connectivity index (χ2v) is 5.31. The SMILES string of the molecule is CN(Cc1ccc(OCC(=O)O)cc1)c1nc(C(F)(F)F)ns1. The number of hydrogen-bond donors (Lipinski definition) is 1. The Hall–Kier alpha value is -2.36. The summed E-state index contributed by atoms with van der Waals surface area (Å²) >= 11 is 0.673. The molecule has 10 heteroatoms. The molecule has 1 N–H and O–H groups in total. The minimum absolute atomic E-state index is 0.156. The lowest BCUT2D eigenvalue weighted by atomic mass is 10.2. The molecule has 0 fully saturated rings. The number of anilines is 1. The average molecular weight is 347 g/mol. The van der Waals surface area contributed by atoms with Crippen LogP contribution in [0.2, 0.25) is 0 Å². The second kappa shape index (κ2) is 6.82. The molecule has 0 saturated carbocycles. The van der Waals surface area contributed by atoms with E-state index in [0.717, 1.165) is 5.56 Å². The predicted octanol–water partition coefficient (Wildman–Crippen LogP) is 2.66. The quantitative estimate of drug-likeness (QED) is 0.866. The molecule has 0 atom stereocenters. The molecular formula is C13H12F3N3O3S. The maximum absolute atomic E-state index is 12.5. The highest BCUT2D eigenvalue weighted by Crippen LogP contribution is 2.30. The first-order valence-electron chi connectivity index (χ1n) is 6.31. The Morgan fingerprint density at radius 1 is 1.35 bits per heavy atom. The van der Waals surface area contributed by atoms with Gasteiger partial charge in [-0.25, -0.2) is 4.79 Å². The number of alkyl halides is 3. The van der Waals surface area contributed by atoms with E-state index in [4.69, 9.17) is 9.84 Å². The number of rotatable bonds is 6. The number of ether oxygens (including phenoxy) is 1. The van der Waals surface area contributed by atoms with Crippen LogP contribution in [-0.2, 0) is 17.5 Å². The number of aliphatic carboxylic acids is 1. The second-order valence-electron chi connectivity index (χ2n) is 4.58. The highest BCUT2D eigenvalue weighted by atomic mass is 32.1. The van der Waals surface area contributed by atoms with Crippen LogP contribution in [0.1, 0.15) is 11.4 Å². The fraction of sp³-hybridized carbons (Fsp3) is 0.308. The topological polar surface area (TPSA) is 75.5 Å². The van der Waals surface area contributed by atoms with Gasteiger partial charge in [0, 0.05) is 25.1 Å². The Labute approximate surface area is 133 Å². The van der Waals surface area contributed by atoms with Crippen LogP contribution in [0, 0.1) is 0 Å². The summed E-state index contributed by atoms with van der Waals surface area (Å²) < 4.78 is 45.7. The van der Waals surface area contributed by atoms with Crippen molar-refractivity contribution in [1.82, 2.24) is 9.36 Å². The van der Waals surface area contributed by atoms with E-state index in [1.807, 2.05) is 0 Å². The molecule has 6 nitrogen and oxygen atoms in total. The van der Waals surface area contributed by atoms with E-state index in [0.29, 0.717) is 23.8 Å². The number of aromatic nitrogens is 2. The van der Waals surface area contributed by atoms with Crippen molar-refractivity contribution >= 4 is 22.6 Å². The minimum Gasteiger partial charge on any atom is -0.482 e. The molecule has 1 heterocycles. The highest BCUT2D eigenvalue weighted by molar-refractivity contribution is 7.09. The van der Waals surface area contributed by atoms with Gasteiger partial charge in [-0.3, -0.25) is 0 Å². The normalized spacial score (nSPS) is 11.3. The van der Waals surface area contributed by atoms with E-state index in [9.17, 15) is 18.0 Å². The first-order chi connectivity index (χ1) is 10.8.